The highest BCUT2D eigenvalue weighted by Crippen LogP contribution is 2.40. The van der Waals surface area contributed by atoms with Crippen molar-refractivity contribution < 1.29 is 42.1 Å². The second-order valence-electron chi connectivity index (χ2n) is 9.67. The molecule has 0 atom stereocenters. The molecule has 226 valence electrons. The van der Waals surface area contributed by atoms with Crippen LogP contribution in [0.4, 0.5) is 17.6 Å². The minimum absolute atomic E-state index is 0.147. The molecule has 0 aliphatic heterocycles. The Morgan fingerprint density at radius 1 is 1.05 bits per heavy atom. The zero-order valence-electron chi connectivity index (χ0n) is 23.1. The van der Waals surface area contributed by atoms with Crippen LogP contribution < -0.4 is 4.74 Å². The summed E-state index contributed by atoms with van der Waals surface area (Å²) >= 11 is 6.64. The predicted molar refractivity (Wildman–Crippen MR) is 153 cm³/mol. The van der Waals surface area contributed by atoms with Gasteiger partial charge in [0.2, 0.25) is 0 Å². The van der Waals surface area contributed by atoms with Crippen LogP contribution in [0, 0.1) is 19.7 Å². The number of carbonyl (C=O) groups is 2. The number of aliphatic carboxylic acids is 1. The van der Waals surface area contributed by atoms with Crippen LogP contribution >= 0.6 is 11.6 Å². The molecule has 0 bridgehead atoms. The Labute approximate surface area is 247 Å². The van der Waals surface area contributed by atoms with Crippen LogP contribution in [-0.4, -0.2) is 49.7 Å². The Kier molecular flexibility index (Phi) is 9.00. The standard InChI is InChI=1S/C28H25ClFN3O3.C2HF3O2/c1-15-24(16(2)33(3)32-15)25-22(29)12-11-21-20(27(28(34)35)31-26(21)25)7-5-13-36-23-8-4-6-17-14-18(30)9-10-19(17)23;3-2(4,5)1(6)7/h4,6,8-12,14,31H,5,7,13H2,1-3H3,(H,34,35);(H,6,7). The van der Waals surface area contributed by atoms with Crippen molar-refractivity contribution in [2.45, 2.75) is 32.9 Å². The lowest BCUT2D eigenvalue weighted by molar-refractivity contribution is -0.192. The molecular formula is C30H26ClF4N3O5. The summed E-state index contributed by atoms with van der Waals surface area (Å²) in [6, 6.07) is 13.8. The quantitative estimate of drug-likeness (QED) is 0.128. The minimum Gasteiger partial charge on any atom is -0.493 e. The Morgan fingerprint density at radius 3 is 2.33 bits per heavy atom. The molecule has 0 saturated heterocycles. The molecular weight excluding hydrogens is 594 g/mol. The first kappa shape index (κ1) is 31.4. The van der Waals surface area contributed by atoms with Crippen LogP contribution in [0.5, 0.6) is 5.75 Å². The van der Waals surface area contributed by atoms with E-state index in [1.807, 2.05) is 45.2 Å². The van der Waals surface area contributed by atoms with Gasteiger partial charge in [-0.1, -0.05) is 29.8 Å². The van der Waals surface area contributed by atoms with Gasteiger partial charge in [0.05, 0.1) is 22.8 Å². The van der Waals surface area contributed by atoms with Crippen molar-refractivity contribution in [1.82, 2.24) is 14.8 Å². The van der Waals surface area contributed by atoms with Crippen LogP contribution in [0.3, 0.4) is 0 Å². The molecule has 5 rings (SSSR count). The molecule has 0 spiro atoms. The molecule has 0 unspecified atom stereocenters. The van der Waals surface area contributed by atoms with E-state index in [1.165, 1.54) is 12.1 Å². The number of hydrogen-bond acceptors (Lipinski definition) is 4. The van der Waals surface area contributed by atoms with Gasteiger partial charge in [0.1, 0.15) is 17.3 Å². The molecule has 2 heterocycles. The number of carboxylic acid groups (broad SMARTS) is 2. The molecule has 0 amide bonds. The maximum absolute atomic E-state index is 13.6. The van der Waals surface area contributed by atoms with Crippen molar-refractivity contribution in [1.29, 1.82) is 0 Å². The number of benzene rings is 3. The van der Waals surface area contributed by atoms with Crippen LogP contribution in [0.2, 0.25) is 5.02 Å². The van der Waals surface area contributed by atoms with Gasteiger partial charge in [-0.3, -0.25) is 4.68 Å². The number of alkyl halides is 3. The topological polar surface area (TPSA) is 117 Å². The van der Waals surface area contributed by atoms with Crippen molar-refractivity contribution in [3.8, 4) is 16.9 Å². The molecule has 2 aromatic heterocycles. The molecule has 0 aliphatic carbocycles. The molecule has 5 aromatic rings. The molecule has 43 heavy (non-hydrogen) atoms. The smallest absolute Gasteiger partial charge is 0.490 e. The zero-order valence-corrected chi connectivity index (χ0v) is 23.9. The number of aromatic nitrogens is 3. The number of aromatic amines is 1. The molecule has 0 fully saturated rings. The number of nitrogens with zero attached hydrogens (tertiary/aromatic N) is 2. The summed E-state index contributed by atoms with van der Waals surface area (Å²) in [6.07, 6.45) is -4.00. The number of H-pyrrole nitrogens is 1. The minimum atomic E-state index is -5.08. The molecule has 0 aliphatic rings. The van der Waals surface area contributed by atoms with Gasteiger partial charge in [0.15, 0.2) is 0 Å². The van der Waals surface area contributed by atoms with Gasteiger partial charge in [-0.2, -0.15) is 18.3 Å². The van der Waals surface area contributed by atoms with E-state index in [2.05, 4.69) is 10.1 Å². The summed E-state index contributed by atoms with van der Waals surface area (Å²) < 4.78 is 53.1. The highest BCUT2D eigenvalue weighted by molar-refractivity contribution is 6.35. The maximum atomic E-state index is 13.6. The van der Waals surface area contributed by atoms with Gasteiger partial charge in [-0.25, -0.2) is 14.0 Å². The van der Waals surface area contributed by atoms with Crippen molar-refractivity contribution in [2.75, 3.05) is 6.61 Å². The maximum Gasteiger partial charge on any atom is 0.490 e. The number of rotatable bonds is 7. The van der Waals surface area contributed by atoms with Crippen molar-refractivity contribution in [2.24, 2.45) is 7.05 Å². The number of halogens is 5. The average molecular weight is 620 g/mol. The van der Waals surface area contributed by atoms with Crippen molar-refractivity contribution in [3.05, 3.63) is 82.0 Å². The summed E-state index contributed by atoms with van der Waals surface area (Å²) in [5.41, 5.74) is 4.95. The lowest BCUT2D eigenvalue weighted by Crippen LogP contribution is -2.21. The number of hydrogen-bond donors (Lipinski definition) is 3. The number of fused-ring (bicyclic) bond motifs is 2. The first-order chi connectivity index (χ1) is 20.2. The summed E-state index contributed by atoms with van der Waals surface area (Å²) in [5.74, 6) is -3.41. The molecule has 0 saturated carbocycles. The fourth-order valence-electron chi connectivity index (χ4n) is 4.90. The SMILES string of the molecule is Cc1nn(C)c(C)c1-c1c(Cl)ccc2c(CCCOc3cccc4cc(F)ccc34)c(C(=O)O)[nH]c12.O=C(O)C(F)(F)F. The highest BCUT2D eigenvalue weighted by Gasteiger charge is 2.38. The monoisotopic (exact) mass is 619 g/mol. The van der Waals surface area contributed by atoms with E-state index < -0.39 is 18.1 Å². The van der Waals surface area contributed by atoms with Crippen LogP contribution in [0.1, 0.15) is 33.9 Å². The fraction of sp³-hybridized carbons (Fsp3) is 0.233. The van der Waals surface area contributed by atoms with Crippen LogP contribution in [0.25, 0.3) is 32.8 Å². The largest absolute Gasteiger partial charge is 0.493 e. The number of ether oxygens (including phenoxy) is 1. The van der Waals surface area contributed by atoms with Gasteiger partial charge in [0.25, 0.3) is 0 Å². The first-order valence-electron chi connectivity index (χ1n) is 12.9. The molecule has 13 heteroatoms. The second-order valence-corrected chi connectivity index (χ2v) is 10.1. The third-order valence-electron chi connectivity index (χ3n) is 6.88. The van der Waals surface area contributed by atoms with Gasteiger partial charge in [0, 0.05) is 34.6 Å². The highest BCUT2D eigenvalue weighted by atomic mass is 35.5. The second kappa shape index (κ2) is 12.3. The average Bonchev–Trinajstić information content (AvgIpc) is 3.42. The van der Waals surface area contributed by atoms with E-state index in [4.69, 9.17) is 26.2 Å². The normalized spacial score (nSPS) is 11.4. The predicted octanol–water partition coefficient (Wildman–Crippen LogP) is 7.47. The van der Waals surface area contributed by atoms with Crippen molar-refractivity contribution >= 4 is 45.2 Å². The lowest BCUT2D eigenvalue weighted by atomic mass is 9.98. The van der Waals surface area contributed by atoms with Gasteiger partial charge < -0.3 is 19.9 Å². The Bertz CT molecular complexity index is 1850. The fourth-order valence-corrected chi connectivity index (χ4v) is 5.15. The molecule has 8 nitrogen and oxygen atoms in total. The van der Waals surface area contributed by atoms with E-state index in [9.17, 15) is 27.5 Å². The molecule has 3 N–H and O–H groups in total. The van der Waals surface area contributed by atoms with Crippen molar-refractivity contribution in [3.63, 3.8) is 0 Å². The number of aromatic carboxylic acids is 1. The van der Waals surface area contributed by atoms with Crippen LogP contribution in [-0.2, 0) is 18.3 Å². The first-order valence-corrected chi connectivity index (χ1v) is 13.3. The van der Waals surface area contributed by atoms with E-state index in [-0.39, 0.29) is 11.5 Å². The van der Waals surface area contributed by atoms with Crippen LogP contribution in [0.15, 0.2) is 48.5 Å². The number of nitrogens with one attached hydrogen (secondary N) is 1. The number of carboxylic acids is 2. The number of aryl methyl sites for hydroxylation is 3. The molecule has 0 radical (unpaired) electrons. The Morgan fingerprint density at radius 2 is 1.72 bits per heavy atom. The third-order valence-corrected chi connectivity index (χ3v) is 7.19. The summed E-state index contributed by atoms with van der Waals surface area (Å²) in [4.78, 5) is 24.2. The summed E-state index contributed by atoms with van der Waals surface area (Å²) in [6.45, 7) is 4.26. The summed E-state index contributed by atoms with van der Waals surface area (Å²) in [5, 5.41) is 24.5. The molecule has 3 aromatic carbocycles. The van der Waals surface area contributed by atoms with E-state index in [0.29, 0.717) is 41.3 Å². The Hall–Kier alpha value is -4.58. The summed E-state index contributed by atoms with van der Waals surface area (Å²) in [7, 11) is 1.87. The zero-order chi connectivity index (χ0) is 31.6. The Balaban J connectivity index is 0.000000541. The third kappa shape index (κ3) is 6.59. The lowest BCUT2D eigenvalue weighted by Gasteiger charge is -2.10. The van der Waals surface area contributed by atoms with Gasteiger partial charge in [-0.05, 0) is 68.0 Å². The van der Waals surface area contributed by atoms with E-state index in [1.54, 1.807) is 16.8 Å². The van der Waals surface area contributed by atoms with E-state index in [0.717, 1.165) is 38.7 Å². The van der Waals surface area contributed by atoms with Gasteiger partial charge in [-0.15, -0.1) is 0 Å². The van der Waals surface area contributed by atoms with E-state index >= 15 is 0 Å². The van der Waals surface area contributed by atoms with Gasteiger partial charge >= 0.3 is 18.1 Å².